The summed E-state index contributed by atoms with van der Waals surface area (Å²) in [5.74, 6) is -0.932. The minimum Gasteiger partial charge on any atom is -0.480 e. The molecule has 1 aromatic rings. The van der Waals surface area contributed by atoms with Gasteiger partial charge in [0.15, 0.2) is 0 Å². The Morgan fingerprint density at radius 1 is 1.52 bits per heavy atom. The van der Waals surface area contributed by atoms with E-state index in [9.17, 15) is 18.3 Å². The standard InChI is InChI=1S/C12H15Br2NO4S2/c1-7-3-2-4-12(6-7,11(16)17)15-21(18,19)8-5-9(13)20-10(8)14/h5,7,15H,2-4,6H2,1H3,(H,16,17). The van der Waals surface area contributed by atoms with E-state index in [1.54, 1.807) is 0 Å². The number of carboxylic acid groups (broad SMARTS) is 1. The fourth-order valence-corrected chi connectivity index (χ4v) is 7.91. The topological polar surface area (TPSA) is 83.5 Å². The van der Waals surface area contributed by atoms with Crippen LogP contribution in [0, 0.1) is 5.92 Å². The van der Waals surface area contributed by atoms with Crippen LogP contribution >= 0.6 is 43.2 Å². The largest absolute Gasteiger partial charge is 0.480 e. The third kappa shape index (κ3) is 3.69. The second kappa shape index (κ2) is 6.27. The van der Waals surface area contributed by atoms with Gasteiger partial charge in [-0.15, -0.1) is 11.3 Å². The second-order valence-corrected chi connectivity index (χ2v) is 10.8. The number of nitrogens with one attached hydrogen (secondary N) is 1. The fraction of sp³-hybridized carbons (Fsp3) is 0.583. The highest BCUT2D eigenvalue weighted by Gasteiger charge is 2.45. The second-order valence-electron chi connectivity index (χ2n) is 5.38. The van der Waals surface area contributed by atoms with Crippen LogP contribution in [0.25, 0.3) is 0 Å². The lowest BCUT2D eigenvalue weighted by atomic mass is 9.77. The zero-order valence-corrected chi connectivity index (χ0v) is 16.0. The number of aliphatic carboxylic acids is 1. The molecule has 1 saturated carbocycles. The molecule has 0 aliphatic heterocycles. The van der Waals surface area contributed by atoms with Crippen LogP contribution in [0.4, 0.5) is 0 Å². The van der Waals surface area contributed by atoms with Crippen LogP contribution in [-0.2, 0) is 14.8 Å². The van der Waals surface area contributed by atoms with E-state index in [-0.39, 0.29) is 10.8 Å². The molecule has 0 bridgehead atoms. The summed E-state index contributed by atoms with van der Waals surface area (Å²) >= 11 is 7.67. The lowest BCUT2D eigenvalue weighted by Crippen LogP contribution is -2.56. The first kappa shape index (κ1) is 17.4. The van der Waals surface area contributed by atoms with Crippen LogP contribution < -0.4 is 4.72 Å². The molecule has 5 nitrogen and oxygen atoms in total. The Balaban J connectivity index is 2.36. The molecule has 0 radical (unpaired) electrons. The van der Waals surface area contributed by atoms with Crippen molar-refractivity contribution in [3.8, 4) is 0 Å². The lowest BCUT2D eigenvalue weighted by molar-refractivity contribution is -0.146. The summed E-state index contributed by atoms with van der Waals surface area (Å²) in [4.78, 5) is 11.7. The summed E-state index contributed by atoms with van der Waals surface area (Å²) < 4.78 is 28.6. The van der Waals surface area contributed by atoms with E-state index in [0.717, 1.165) is 6.42 Å². The average molecular weight is 461 g/mol. The molecule has 0 spiro atoms. The van der Waals surface area contributed by atoms with E-state index < -0.39 is 21.5 Å². The number of halogens is 2. The number of carbonyl (C=O) groups is 1. The van der Waals surface area contributed by atoms with Crippen molar-refractivity contribution in [3.63, 3.8) is 0 Å². The van der Waals surface area contributed by atoms with Crippen LogP contribution in [0.5, 0.6) is 0 Å². The van der Waals surface area contributed by atoms with Gasteiger partial charge in [0.05, 0.1) is 7.57 Å². The Morgan fingerprint density at radius 2 is 2.19 bits per heavy atom. The maximum Gasteiger partial charge on any atom is 0.324 e. The number of rotatable bonds is 4. The van der Waals surface area contributed by atoms with Crippen molar-refractivity contribution in [1.82, 2.24) is 4.72 Å². The van der Waals surface area contributed by atoms with Crippen LogP contribution in [0.15, 0.2) is 18.5 Å². The zero-order valence-electron chi connectivity index (χ0n) is 11.2. The maximum absolute atomic E-state index is 12.5. The van der Waals surface area contributed by atoms with Crippen LogP contribution in [-0.4, -0.2) is 25.0 Å². The average Bonchev–Trinajstić information content (AvgIpc) is 2.68. The molecule has 0 saturated heterocycles. The van der Waals surface area contributed by atoms with Crippen molar-refractivity contribution < 1.29 is 18.3 Å². The predicted molar refractivity (Wildman–Crippen MR) is 88.0 cm³/mol. The molecule has 2 unspecified atom stereocenters. The molecule has 0 aromatic carbocycles. The van der Waals surface area contributed by atoms with Crippen molar-refractivity contribution in [1.29, 1.82) is 0 Å². The zero-order chi connectivity index (χ0) is 15.8. The number of hydrogen-bond acceptors (Lipinski definition) is 4. The van der Waals surface area contributed by atoms with Crippen molar-refractivity contribution in [3.05, 3.63) is 13.6 Å². The van der Waals surface area contributed by atoms with Gasteiger partial charge in [-0.3, -0.25) is 4.79 Å². The predicted octanol–water partition coefficient (Wildman–Crippen LogP) is 3.58. The molecule has 1 aromatic heterocycles. The molecule has 2 N–H and O–H groups in total. The van der Waals surface area contributed by atoms with E-state index in [1.165, 1.54) is 17.4 Å². The molecule has 21 heavy (non-hydrogen) atoms. The van der Waals surface area contributed by atoms with Crippen LogP contribution in [0.3, 0.4) is 0 Å². The van der Waals surface area contributed by atoms with Crippen molar-refractivity contribution >= 4 is 59.2 Å². The van der Waals surface area contributed by atoms with E-state index in [4.69, 9.17) is 0 Å². The van der Waals surface area contributed by atoms with E-state index >= 15 is 0 Å². The van der Waals surface area contributed by atoms with Gasteiger partial charge < -0.3 is 5.11 Å². The molecular formula is C12H15Br2NO4S2. The first-order chi connectivity index (χ1) is 9.66. The third-order valence-corrected chi connectivity index (χ3v) is 7.94. The Hall–Kier alpha value is 0.0400. The molecule has 0 amide bonds. The Morgan fingerprint density at radius 3 is 2.67 bits per heavy atom. The first-order valence-corrected chi connectivity index (χ1v) is 10.3. The number of hydrogen-bond donors (Lipinski definition) is 2. The van der Waals surface area contributed by atoms with Crippen molar-refractivity contribution in [2.75, 3.05) is 0 Å². The summed E-state index contributed by atoms with van der Waals surface area (Å²) in [7, 11) is -3.89. The number of thiophene rings is 1. The van der Waals surface area contributed by atoms with Gasteiger partial charge in [-0.1, -0.05) is 19.8 Å². The van der Waals surface area contributed by atoms with Gasteiger partial charge in [0.1, 0.15) is 10.4 Å². The highest BCUT2D eigenvalue weighted by atomic mass is 79.9. The lowest BCUT2D eigenvalue weighted by Gasteiger charge is -2.36. The molecule has 9 heteroatoms. The highest BCUT2D eigenvalue weighted by Crippen LogP contribution is 2.38. The number of carboxylic acids is 1. The molecule has 1 fully saturated rings. The minimum atomic E-state index is -3.89. The Kier molecular flexibility index (Phi) is 5.19. The first-order valence-electron chi connectivity index (χ1n) is 6.38. The molecule has 118 valence electrons. The molecular weight excluding hydrogens is 446 g/mol. The van der Waals surface area contributed by atoms with Gasteiger partial charge in [-0.25, -0.2) is 8.42 Å². The molecule has 2 rings (SSSR count). The van der Waals surface area contributed by atoms with Crippen molar-refractivity contribution in [2.24, 2.45) is 5.92 Å². The highest BCUT2D eigenvalue weighted by molar-refractivity contribution is 9.12. The van der Waals surface area contributed by atoms with Gasteiger partial charge in [-0.05, 0) is 56.7 Å². The minimum absolute atomic E-state index is 0.0678. The van der Waals surface area contributed by atoms with Crippen LogP contribution in [0.1, 0.15) is 32.6 Å². The summed E-state index contributed by atoms with van der Waals surface area (Å²) in [6.07, 6.45) is 2.24. The molecule has 1 aliphatic rings. The van der Waals surface area contributed by atoms with Crippen LogP contribution in [0.2, 0.25) is 0 Å². The quantitative estimate of drug-likeness (QED) is 0.719. The fourth-order valence-electron chi connectivity index (χ4n) is 2.70. The van der Waals surface area contributed by atoms with Gasteiger partial charge >= 0.3 is 5.97 Å². The smallest absolute Gasteiger partial charge is 0.324 e. The Bertz CT molecular complexity index is 658. The van der Waals surface area contributed by atoms with Gasteiger partial charge in [0.25, 0.3) is 0 Å². The van der Waals surface area contributed by atoms with Gasteiger partial charge in [-0.2, -0.15) is 4.72 Å². The summed E-state index contributed by atoms with van der Waals surface area (Å²) in [5.41, 5.74) is -1.41. The molecule has 1 aliphatic carbocycles. The monoisotopic (exact) mass is 459 g/mol. The maximum atomic E-state index is 12.5. The summed E-state index contributed by atoms with van der Waals surface area (Å²) in [5, 5.41) is 9.55. The SMILES string of the molecule is CC1CCCC(NS(=O)(=O)c2cc(Br)sc2Br)(C(=O)O)C1. The number of sulfonamides is 1. The Labute approximate surface area is 144 Å². The van der Waals surface area contributed by atoms with Crippen molar-refractivity contribution in [2.45, 2.75) is 43.0 Å². The molecule has 2 atom stereocenters. The van der Waals surface area contributed by atoms with E-state index in [1.807, 2.05) is 6.92 Å². The molecule has 1 heterocycles. The van der Waals surface area contributed by atoms with Gasteiger partial charge in [0, 0.05) is 0 Å². The third-order valence-electron chi connectivity index (χ3n) is 3.65. The van der Waals surface area contributed by atoms with Gasteiger partial charge in [0.2, 0.25) is 10.0 Å². The summed E-state index contributed by atoms with van der Waals surface area (Å²) in [6, 6.07) is 1.47. The van der Waals surface area contributed by atoms with E-state index in [0.29, 0.717) is 26.8 Å². The normalized spacial score (nSPS) is 26.7. The van der Waals surface area contributed by atoms with E-state index in [2.05, 4.69) is 36.6 Å². The summed E-state index contributed by atoms with van der Waals surface area (Å²) in [6.45, 7) is 1.95.